The van der Waals surface area contributed by atoms with E-state index >= 15 is 0 Å². The molecular formula is C12H18BrNO8. The number of aliphatic hydroxyl groups is 1. The van der Waals surface area contributed by atoms with Crippen molar-refractivity contribution in [1.29, 1.82) is 0 Å². The first-order chi connectivity index (χ1) is 10.3. The molecule has 0 bridgehead atoms. The maximum Gasteiger partial charge on any atom is 0.303 e. The fourth-order valence-corrected chi connectivity index (χ4v) is 2.50. The Morgan fingerprint density at radius 3 is 1.86 bits per heavy atom. The molecule has 0 aliphatic carbocycles. The number of nitrogens with one attached hydrogen (secondary N) is 1. The summed E-state index contributed by atoms with van der Waals surface area (Å²) in [7, 11) is 0. The Kier molecular flexibility index (Phi) is 7.20. The summed E-state index contributed by atoms with van der Waals surface area (Å²) in [4.78, 5) is 33.8. The van der Waals surface area contributed by atoms with E-state index in [0.717, 1.165) is 13.8 Å². The Balaban J connectivity index is 3.14. The Bertz CT molecular complexity index is 401. The topological polar surface area (TPSA) is 120 Å². The maximum atomic E-state index is 11.3. The second-order valence-corrected chi connectivity index (χ2v) is 5.07. The van der Waals surface area contributed by atoms with Crippen LogP contribution in [-0.2, 0) is 33.3 Å². The number of halogens is 1. The van der Waals surface area contributed by atoms with Crippen molar-refractivity contribution in [3.63, 3.8) is 0 Å². The monoisotopic (exact) mass is 383 g/mol. The van der Waals surface area contributed by atoms with Crippen LogP contribution in [0.3, 0.4) is 0 Å². The van der Waals surface area contributed by atoms with Gasteiger partial charge >= 0.3 is 17.9 Å². The molecular weight excluding hydrogens is 366 g/mol. The highest BCUT2D eigenvalue weighted by atomic mass is 79.9. The van der Waals surface area contributed by atoms with E-state index < -0.39 is 55.2 Å². The molecule has 0 radical (unpaired) electrons. The van der Waals surface area contributed by atoms with E-state index in [4.69, 9.17) is 18.9 Å². The van der Waals surface area contributed by atoms with Crippen molar-refractivity contribution in [2.45, 2.75) is 51.4 Å². The van der Waals surface area contributed by atoms with Crippen LogP contribution in [0.4, 0.5) is 0 Å². The minimum Gasteiger partial charge on any atom is -0.456 e. The molecule has 0 spiro atoms. The minimum absolute atomic E-state index is 0.492. The number of hydrogen-bond donors (Lipinski definition) is 2. The van der Waals surface area contributed by atoms with Gasteiger partial charge in [0.25, 0.3) is 0 Å². The summed E-state index contributed by atoms with van der Waals surface area (Å²) in [5.74, 6) is -1.95. The lowest BCUT2D eigenvalue weighted by Crippen LogP contribution is -2.64. The van der Waals surface area contributed by atoms with Gasteiger partial charge in [-0.15, -0.1) is 0 Å². The van der Waals surface area contributed by atoms with E-state index in [1.807, 2.05) is 0 Å². The molecule has 0 unspecified atom stereocenters. The number of hydrogen-bond acceptors (Lipinski definition) is 9. The van der Waals surface area contributed by atoms with Gasteiger partial charge in [0.2, 0.25) is 0 Å². The molecule has 0 aromatic heterocycles. The van der Waals surface area contributed by atoms with Crippen molar-refractivity contribution in [1.82, 2.24) is 4.34 Å². The molecule has 1 saturated heterocycles. The Labute approximate surface area is 135 Å². The number of esters is 3. The predicted octanol–water partition coefficient (Wildman–Crippen LogP) is -0.602. The zero-order chi connectivity index (χ0) is 16.9. The molecule has 22 heavy (non-hydrogen) atoms. The number of aliphatic hydroxyl groups excluding tert-OH is 1. The molecule has 126 valence electrons. The third kappa shape index (κ3) is 4.90. The first-order valence-electron chi connectivity index (χ1n) is 6.44. The summed E-state index contributed by atoms with van der Waals surface area (Å²) in [6.45, 7) is 3.01. The lowest BCUT2D eigenvalue weighted by Gasteiger charge is -2.43. The summed E-state index contributed by atoms with van der Waals surface area (Å²) >= 11 is 2.97. The van der Waals surface area contributed by atoms with E-state index in [9.17, 15) is 19.5 Å². The molecule has 1 aliphatic heterocycles. The number of carbonyl (C=O) groups excluding carboxylic acids is 3. The molecule has 0 amide bonds. The van der Waals surface area contributed by atoms with Gasteiger partial charge in [-0.2, -0.15) is 0 Å². The van der Waals surface area contributed by atoms with Gasteiger partial charge in [-0.25, -0.2) is 4.34 Å². The average molecular weight is 384 g/mol. The summed E-state index contributed by atoms with van der Waals surface area (Å²) in [5, 5.41) is 9.40. The van der Waals surface area contributed by atoms with Crippen molar-refractivity contribution in [2.75, 3.05) is 6.61 Å². The molecule has 0 aromatic rings. The zero-order valence-electron chi connectivity index (χ0n) is 12.3. The largest absolute Gasteiger partial charge is 0.456 e. The lowest BCUT2D eigenvalue weighted by atomic mass is 9.97. The van der Waals surface area contributed by atoms with E-state index in [2.05, 4.69) is 20.5 Å². The van der Waals surface area contributed by atoms with Gasteiger partial charge in [0.1, 0.15) is 6.10 Å². The van der Waals surface area contributed by atoms with Crippen LogP contribution in [0.2, 0.25) is 0 Å². The van der Waals surface area contributed by atoms with Crippen molar-refractivity contribution in [3.05, 3.63) is 0 Å². The highest BCUT2D eigenvalue weighted by Gasteiger charge is 2.51. The Morgan fingerprint density at radius 2 is 1.45 bits per heavy atom. The van der Waals surface area contributed by atoms with Crippen LogP contribution < -0.4 is 4.34 Å². The van der Waals surface area contributed by atoms with Crippen molar-refractivity contribution >= 4 is 34.1 Å². The molecule has 1 fully saturated rings. The van der Waals surface area contributed by atoms with E-state index in [1.165, 1.54) is 6.92 Å². The van der Waals surface area contributed by atoms with Crippen LogP contribution in [-0.4, -0.2) is 60.3 Å². The number of rotatable bonds is 5. The number of ether oxygens (including phenoxy) is 4. The number of carbonyl (C=O) groups is 3. The quantitative estimate of drug-likeness (QED) is 0.364. The van der Waals surface area contributed by atoms with Crippen LogP contribution in [0.5, 0.6) is 0 Å². The SMILES string of the molecule is CC(=O)O[C@@H]1[C@@H](OC(C)=O)[C@@H](NBr)O[C@H](CO)[C@H]1OC(C)=O. The third-order valence-electron chi connectivity index (χ3n) is 2.83. The molecule has 9 nitrogen and oxygen atoms in total. The molecule has 2 N–H and O–H groups in total. The van der Waals surface area contributed by atoms with Crippen LogP contribution in [0.1, 0.15) is 20.8 Å². The van der Waals surface area contributed by atoms with Crippen LogP contribution >= 0.6 is 16.1 Å². The zero-order valence-corrected chi connectivity index (χ0v) is 13.9. The molecule has 0 aromatic carbocycles. The first kappa shape index (κ1) is 18.8. The fourth-order valence-electron chi connectivity index (χ4n) is 2.13. The van der Waals surface area contributed by atoms with Gasteiger partial charge in [-0.05, 0) is 0 Å². The maximum absolute atomic E-state index is 11.3. The Morgan fingerprint density at radius 1 is 1.00 bits per heavy atom. The van der Waals surface area contributed by atoms with Gasteiger partial charge in [0.15, 0.2) is 24.5 Å². The van der Waals surface area contributed by atoms with E-state index in [1.54, 1.807) is 0 Å². The predicted molar refractivity (Wildman–Crippen MR) is 74.5 cm³/mol. The fraction of sp³-hybridized carbons (Fsp3) is 0.750. The summed E-state index contributed by atoms with van der Waals surface area (Å²) in [6, 6.07) is 0. The summed E-state index contributed by atoms with van der Waals surface area (Å²) < 4.78 is 23.4. The normalized spacial score (nSPS) is 31.2. The van der Waals surface area contributed by atoms with E-state index in [-0.39, 0.29) is 0 Å². The molecule has 0 saturated carbocycles. The Hall–Kier alpha value is -1.23. The second kappa shape index (κ2) is 8.42. The highest BCUT2D eigenvalue weighted by Crippen LogP contribution is 2.28. The second-order valence-electron chi connectivity index (χ2n) is 4.61. The van der Waals surface area contributed by atoms with Gasteiger partial charge in [0, 0.05) is 36.9 Å². The highest BCUT2D eigenvalue weighted by molar-refractivity contribution is 9.08. The lowest BCUT2D eigenvalue weighted by molar-refractivity contribution is -0.252. The molecule has 1 rings (SSSR count). The molecule has 5 atom stereocenters. The first-order valence-corrected chi connectivity index (χ1v) is 7.23. The van der Waals surface area contributed by atoms with Gasteiger partial charge in [-0.3, -0.25) is 14.4 Å². The standard InChI is InChI=1S/C12H18BrNO8/c1-5(16)19-9-8(4-15)22-12(14-13)11(21-7(3)18)10(9)20-6(2)17/h8-12,14-15H,4H2,1-3H3/t8-,9-,10+,11-,12+/m1/s1. The summed E-state index contributed by atoms with van der Waals surface area (Å²) in [5.41, 5.74) is 0. The van der Waals surface area contributed by atoms with Gasteiger partial charge in [0.05, 0.1) is 6.61 Å². The van der Waals surface area contributed by atoms with E-state index in [0.29, 0.717) is 0 Å². The van der Waals surface area contributed by atoms with Crippen molar-refractivity contribution in [3.8, 4) is 0 Å². The van der Waals surface area contributed by atoms with Crippen molar-refractivity contribution in [2.24, 2.45) is 0 Å². The van der Waals surface area contributed by atoms with Crippen LogP contribution in [0.25, 0.3) is 0 Å². The van der Waals surface area contributed by atoms with Crippen molar-refractivity contribution < 1.29 is 38.4 Å². The average Bonchev–Trinajstić information content (AvgIpc) is 2.41. The smallest absolute Gasteiger partial charge is 0.303 e. The van der Waals surface area contributed by atoms with Crippen LogP contribution in [0.15, 0.2) is 0 Å². The molecule has 1 aliphatic rings. The molecule has 10 heteroatoms. The minimum atomic E-state index is -1.13. The van der Waals surface area contributed by atoms with Gasteiger partial charge in [-0.1, -0.05) is 0 Å². The molecule has 1 heterocycles. The third-order valence-corrected chi connectivity index (χ3v) is 3.28. The van der Waals surface area contributed by atoms with Crippen LogP contribution in [0, 0.1) is 0 Å². The van der Waals surface area contributed by atoms with Gasteiger partial charge < -0.3 is 24.1 Å². The summed E-state index contributed by atoms with van der Waals surface area (Å²) in [6.07, 6.45) is -5.21.